The molecule has 2 heterocycles. The van der Waals surface area contributed by atoms with Crippen LogP contribution in [0.3, 0.4) is 0 Å². The third-order valence-electron chi connectivity index (χ3n) is 2.47. The number of pyridine rings is 1. The third kappa shape index (κ3) is 2.16. The van der Waals surface area contributed by atoms with Crippen LogP contribution in [-0.4, -0.2) is 33.9 Å². The van der Waals surface area contributed by atoms with Crippen molar-refractivity contribution in [2.75, 3.05) is 0 Å². The molecular formula is C11H11N5O2+. The van der Waals surface area contributed by atoms with Crippen LogP contribution in [0.25, 0.3) is 0 Å². The number of rotatable bonds is 3. The lowest BCUT2D eigenvalue weighted by molar-refractivity contribution is -0.873. The summed E-state index contributed by atoms with van der Waals surface area (Å²) in [6, 6.07) is 2.56. The molecule has 1 atom stereocenters. The number of ketones is 1. The molecule has 2 amide bonds. The average molecular weight is 245 g/mol. The van der Waals surface area contributed by atoms with Crippen LogP contribution in [-0.2, 0) is 6.54 Å². The first-order chi connectivity index (χ1) is 8.53. The highest BCUT2D eigenvalue weighted by Crippen LogP contribution is 2.18. The SMILES string of the molecule is CC(=O)c1cc(C[N+]2(C(N)=O)N=[C]C=N2)ccn1. The Morgan fingerprint density at radius 2 is 2.28 bits per heavy atom. The number of hydrogen-bond donors (Lipinski definition) is 1. The smallest absolute Gasteiger partial charge is 0.315 e. The van der Waals surface area contributed by atoms with Crippen molar-refractivity contribution < 1.29 is 14.3 Å². The minimum absolute atomic E-state index is 0.127. The van der Waals surface area contributed by atoms with E-state index < -0.39 is 10.7 Å². The molecule has 0 aromatic carbocycles. The van der Waals surface area contributed by atoms with Gasteiger partial charge in [-0.1, -0.05) is 0 Å². The number of primary amides is 1. The molecule has 1 aliphatic rings. The molecule has 1 aromatic rings. The van der Waals surface area contributed by atoms with Gasteiger partial charge in [0.15, 0.2) is 18.5 Å². The largest absolute Gasteiger partial charge is 0.468 e. The van der Waals surface area contributed by atoms with E-state index in [-0.39, 0.29) is 12.3 Å². The van der Waals surface area contributed by atoms with Crippen molar-refractivity contribution in [3.8, 4) is 0 Å². The van der Waals surface area contributed by atoms with Gasteiger partial charge >= 0.3 is 6.03 Å². The van der Waals surface area contributed by atoms with Gasteiger partial charge in [-0.2, -0.15) is 0 Å². The number of quaternary nitrogens is 1. The predicted molar refractivity (Wildman–Crippen MR) is 63.7 cm³/mol. The standard InChI is InChI=1S/C11H10N5O2/c1-8(17)10-6-9(2-3-13-10)7-16(11(12)18)14-4-5-15-16/h2-4,6H,7H2,1H3,(H-,12,18)/p+1. The fourth-order valence-electron chi connectivity index (χ4n) is 1.55. The first kappa shape index (κ1) is 12.1. The van der Waals surface area contributed by atoms with Crippen molar-refractivity contribution in [2.45, 2.75) is 13.5 Å². The Labute approximate surface area is 103 Å². The van der Waals surface area contributed by atoms with Crippen molar-refractivity contribution in [2.24, 2.45) is 15.9 Å². The van der Waals surface area contributed by atoms with Gasteiger partial charge in [-0.3, -0.25) is 9.78 Å². The van der Waals surface area contributed by atoms with E-state index in [0.29, 0.717) is 11.3 Å². The summed E-state index contributed by atoms with van der Waals surface area (Å²) in [4.78, 5) is 26.6. The van der Waals surface area contributed by atoms with Crippen LogP contribution in [0.4, 0.5) is 4.79 Å². The van der Waals surface area contributed by atoms with Gasteiger partial charge in [0.1, 0.15) is 11.9 Å². The summed E-state index contributed by atoms with van der Waals surface area (Å²) in [5.41, 5.74) is 6.30. The van der Waals surface area contributed by atoms with Crippen LogP contribution in [0.2, 0.25) is 0 Å². The molecule has 2 rings (SSSR count). The van der Waals surface area contributed by atoms with Crippen molar-refractivity contribution in [3.63, 3.8) is 0 Å². The number of carbonyl (C=O) groups excluding carboxylic acids is 2. The molecule has 18 heavy (non-hydrogen) atoms. The van der Waals surface area contributed by atoms with E-state index in [2.05, 4.69) is 21.4 Å². The van der Waals surface area contributed by atoms with Crippen molar-refractivity contribution >= 4 is 24.2 Å². The topological polar surface area (TPSA) is 97.8 Å². The number of aromatic nitrogens is 1. The molecule has 91 valence electrons. The second kappa shape index (κ2) is 4.46. The molecule has 1 unspecified atom stereocenters. The van der Waals surface area contributed by atoms with Gasteiger partial charge in [0, 0.05) is 23.4 Å². The predicted octanol–water partition coefficient (Wildman–Crippen LogP) is 0.542. The molecule has 0 fully saturated rings. The highest BCUT2D eigenvalue weighted by atomic mass is 16.2. The van der Waals surface area contributed by atoms with Crippen molar-refractivity contribution in [1.29, 1.82) is 0 Å². The lowest BCUT2D eigenvalue weighted by Gasteiger charge is -2.17. The zero-order valence-corrected chi connectivity index (χ0v) is 9.70. The number of nitrogens with zero attached hydrogens (tertiary/aromatic N) is 4. The van der Waals surface area contributed by atoms with Gasteiger partial charge in [-0.15, -0.1) is 0 Å². The van der Waals surface area contributed by atoms with Crippen LogP contribution in [0.5, 0.6) is 0 Å². The molecule has 1 aliphatic heterocycles. The van der Waals surface area contributed by atoms with E-state index in [1.807, 2.05) is 0 Å². The van der Waals surface area contributed by atoms with E-state index in [0.717, 1.165) is 0 Å². The summed E-state index contributed by atoms with van der Waals surface area (Å²) in [5, 5.41) is 7.71. The first-order valence-electron chi connectivity index (χ1n) is 5.19. The minimum atomic E-state index is -0.711. The highest BCUT2D eigenvalue weighted by molar-refractivity contribution is 6.16. The van der Waals surface area contributed by atoms with E-state index in [9.17, 15) is 9.59 Å². The number of carbonyl (C=O) groups is 2. The van der Waals surface area contributed by atoms with Gasteiger partial charge in [0.2, 0.25) is 0 Å². The molecule has 7 nitrogen and oxygen atoms in total. The van der Waals surface area contributed by atoms with Crippen LogP contribution in [0.1, 0.15) is 23.0 Å². The van der Waals surface area contributed by atoms with Gasteiger partial charge < -0.3 is 5.73 Å². The Balaban J connectivity index is 2.31. The zero-order valence-electron chi connectivity index (χ0n) is 9.70. The molecule has 1 radical (unpaired) electrons. The lowest BCUT2D eigenvalue weighted by Crippen LogP contribution is -2.45. The van der Waals surface area contributed by atoms with Crippen LogP contribution < -0.4 is 5.73 Å². The van der Waals surface area contributed by atoms with Crippen LogP contribution >= 0.6 is 0 Å². The zero-order chi connectivity index (χ0) is 13.2. The normalized spacial score (nSPS) is 15.8. The summed E-state index contributed by atoms with van der Waals surface area (Å²) < 4.78 is -0.624. The van der Waals surface area contributed by atoms with Crippen molar-refractivity contribution in [1.82, 2.24) is 4.98 Å². The van der Waals surface area contributed by atoms with Crippen LogP contribution in [0.15, 0.2) is 28.5 Å². The van der Waals surface area contributed by atoms with Gasteiger partial charge in [-0.25, -0.2) is 4.79 Å². The van der Waals surface area contributed by atoms with E-state index in [1.54, 1.807) is 12.1 Å². The summed E-state index contributed by atoms with van der Waals surface area (Å²) >= 11 is 0. The Morgan fingerprint density at radius 1 is 1.50 bits per heavy atom. The third-order valence-corrected chi connectivity index (χ3v) is 2.47. The molecular weight excluding hydrogens is 234 g/mol. The monoisotopic (exact) mass is 245 g/mol. The molecule has 0 bridgehead atoms. The fourth-order valence-corrected chi connectivity index (χ4v) is 1.55. The molecule has 0 saturated heterocycles. The summed E-state index contributed by atoms with van der Waals surface area (Å²) in [5.74, 6) is -0.150. The van der Waals surface area contributed by atoms with Crippen molar-refractivity contribution in [3.05, 3.63) is 29.6 Å². The Hall–Kier alpha value is -2.41. The maximum Gasteiger partial charge on any atom is 0.468 e. The first-order valence-corrected chi connectivity index (χ1v) is 5.19. The summed E-state index contributed by atoms with van der Waals surface area (Å²) in [7, 11) is 0. The lowest BCUT2D eigenvalue weighted by atomic mass is 10.2. The van der Waals surface area contributed by atoms with Gasteiger partial charge in [0.05, 0.1) is 0 Å². The second-order valence-electron chi connectivity index (χ2n) is 3.81. The molecule has 0 spiro atoms. The maximum atomic E-state index is 11.4. The molecule has 1 aromatic heterocycles. The average Bonchev–Trinajstić information content (AvgIpc) is 2.79. The van der Waals surface area contributed by atoms with Gasteiger partial charge in [0.25, 0.3) is 0 Å². The number of nitrogens with two attached hydrogens (primary N) is 1. The molecule has 7 heteroatoms. The second-order valence-corrected chi connectivity index (χ2v) is 3.81. The minimum Gasteiger partial charge on any atom is -0.315 e. The van der Waals surface area contributed by atoms with Gasteiger partial charge in [-0.05, 0) is 22.3 Å². The fraction of sp³-hybridized carbons (Fsp3) is 0.182. The maximum absolute atomic E-state index is 11.4. The van der Waals surface area contributed by atoms with E-state index >= 15 is 0 Å². The summed E-state index contributed by atoms with van der Waals surface area (Å²) in [6.07, 6.45) is 5.26. The van der Waals surface area contributed by atoms with E-state index in [1.165, 1.54) is 19.3 Å². The molecule has 0 aliphatic carbocycles. The molecule has 2 N–H and O–H groups in total. The number of hydrogen-bond acceptors (Lipinski definition) is 5. The Morgan fingerprint density at radius 3 is 2.83 bits per heavy atom. The molecule has 0 saturated carbocycles. The Bertz CT molecular complexity index is 552. The van der Waals surface area contributed by atoms with E-state index in [4.69, 9.17) is 5.73 Å². The Kier molecular flexibility index (Phi) is 2.99. The summed E-state index contributed by atoms with van der Waals surface area (Å²) in [6.45, 7) is 1.55. The highest BCUT2D eigenvalue weighted by Gasteiger charge is 2.38. The number of amides is 2. The quantitative estimate of drug-likeness (QED) is 0.621. The number of urea groups is 1. The van der Waals surface area contributed by atoms with Crippen LogP contribution in [0, 0.1) is 0 Å². The number of Topliss-reactive ketones (excluding diaryl/α,β-unsaturated/α-hetero) is 1.